The molecule has 0 spiro atoms. The fraction of sp³-hybridized carbons (Fsp3) is 0.500. The van der Waals surface area contributed by atoms with Crippen LogP contribution < -0.4 is 5.69 Å². The third-order valence-electron chi connectivity index (χ3n) is 2.79. The van der Waals surface area contributed by atoms with E-state index in [4.69, 9.17) is 4.74 Å². The SMILES string of the molecule is O=c1[nH]c2nccnc2n1C1CCCCO1. The molecule has 0 aliphatic carbocycles. The van der Waals surface area contributed by atoms with Crippen molar-refractivity contribution in [1.29, 1.82) is 0 Å². The molecule has 1 aliphatic heterocycles. The van der Waals surface area contributed by atoms with Crippen molar-refractivity contribution in [3.05, 3.63) is 22.9 Å². The molecule has 16 heavy (non-hydrogen) atoms. The van der Waals surface area contributed by atoms with Gasteiger partial charge in [-0.15, -0.1) is 0 Å². The number of fused-ring (bicyclic) bond motifs is 1. The van der Waals surface area contributed by atoms with Crippen LogP contribution >= 0.6 is 0 Å². The third-order valence-corrected chi connectivity index (χ3v) is 2.79. The largest absolute Gasteiger partial charge is 0.358 e. The second kappa shape index (κ2) is 3.71. The van der Waals surface area contributed by atoms with E-state index in [-0.39, 0.29) is 11.9 Å². The molecule has 1 N–H and O–H groups in total. The highest BCUT2D eigenvalue weighted by Gasteiger charge is 2.21. The van der Waals surface area contributed by atoms with Gasteiger partial charge in [0.15, 0.2) is 11.3 Å². The van der Waals surface area contributed by atoms with Crippen LogP contribution in [0.15, 0.2) is 17.2 Å². The van der Waals surface area contributed by atoms with Crippen LogP contribution in [0.3, 0.4) is 0 Å². The van der Waals surface area contributed by atoms with Gasteiger partial charge in [0.05, 0.1) is 0 Å². The maximum Gasteiger partial charge on any atom is 0.331 e. The van der Waals surface area contributed by atoms with Crippen LogP contribution in [0.4, 0.5) is 0 Å². The summed E-state index contributed by atoms with van der Waals surface area (Å²) in [6, 6.07) is 0. The Morgan fingerprint density at radius 1 is 1.38 bits per heavy atom. The molecule has 1 atom stereocenters. The van der Waals surface area contributed by atoms with Crippen molar-refractivity contribution in [2.24, 2.45) is 0 Å². The first kappa shape index (κ1) is 9.53. The summed E-state index contributed by atoms with van der Waals surface area (Å²) in [6.07, 6.45) is 5.91. The smallest absolute Gasteiger partial charge is 0.331 e. The fourth-order valence-corrected chi connectivity index (χ4v) is 2.05. The zero-order chi connectivity index (χ0) is 11.0. The monoisotopic (exact) mass is 220 g/mol. The highest BCUT2D eigenvalue weighted by atomic mass is 16.5. The Bertz CT molecular complexity index is 553. The molecule has 3 heterocycles. The Balaban J connectivity index is 2.14. The van der Waals surface area contributed by atoms with Crippen LogP contribution in [-0.2, 0) is 4.74 Å². The van der Waals surface area contributed by atoms with Crippen LogP contribution in [0, 0.1) is 0 Å². The summed E-state index contributed by atoms with van der Waals surface area (Å²) in [5, 5.41) is 0. The van der Waals surface area contributed by atoms with Gasteiger partial charge in [0.2, 0.25) is 0 Å². The highest BCUT2D eigenvalue weighted by Crippen LogP contribution is 2.22. The van der Waals surface area contributed by atoms with E-state index in [0.717, 1.165) is 19.3 Å². The summed E-state index contributed by atoms with van der Waals surface area (Å²) in [4.78, 5) is 22.7. The van der Waals surface area contributed by atoms with Gasteiger partial charge >= 0.3 is 5.69 Å². The lowest BCUT2D eigenvalue weighted by Crippen LogP contribution is -2.27. The van der Waals surface area contributed by atoms with Crippen molar-refractivity contribution in [2.45, 2.75) is 25.5 Å². The fourth-order valence-electron chi connectivity index (χ4n) is 2.05. The first-order valence-electron chi connectivity index (χ1n) is 5.39. The van der Waals surface area contributed by atoms with Crippen molar-refractivity contribution < 1.29 is 4.74 Å². The maximum atomic E-state index is 11.8. The van der Waals surface area contributed by atoms with E-state index in [2.05, 4.69) is 15.0 Å². The second-order valence-electron chi connectivity index (χ2n) is 3.85. The molecule has 1 fully saturated rings. The minimum Gasteiger partial charge on any atom is -0.358 e. The second-order valence-corrected chi connectivity index (χ2v) is 3.85. The number of nitrogens with zero attached hydrogens (tertiary/aromatic N) is 3. The molecule has 6 nitrogen and oxygen atoms in total. The van der Waals surface area contributed by atoms with Crippen LogP contribution in [0.5, 0.6) is 0 Å². The minimum atomic E-state index is -0.202. The van der Waals surface area contributed by atoms with Crippen molar-refractivity contribution in [1.82, 2.24) is 19.5 Å². The highest BCUT2D eigenvalue weighted by molar-refractivity contribution is 5.64. The average molecular weight is 220 g/mol. The van der Waals surface area contributed by atoms with Crippen molar-refractivity contribution in [3.63, 3.8) is 0 Å². The molecular formula is C10H12N4O2. The van der Waals surface area contributed by atoms with E-state index in [0.29, 0.717) is 17.9 Å². The van der Waals surface area contributed by atoms with Gasteiger partial charge in [-0.3, -0.25) is 4.98 Å². The quantitative estimate of drug-likeness (QED) is 0.772. The van der Waals surface area contributed by atoms with Gasteiger partial charge in [-0.05, 0) is 19.3 Å². The lowest BCUT2D eigenvalue weighted by molar-refractivity contribution is -0.0316. The summed E-state index contributed by atoms with van der Waals surface area (Å²) in [5.74, 6) is 0. The standard InChI is InChI=1S/C10H12N4O2/c15-10-13-8-9(12-5-4-11-8)14(10)7-3-1-2-6-16-7/h4-5,7H,1-3,6H2,(H,11,13,15). The molecule has 2 aromatic heterocycles. The molecule has 2 aromatic rings. The van der Waals surface area contributed by atoms with E-state index < -0.39 is 0 Å². The predicted octanol–water partition coefficient (Wildman–Crippen LogP) is 0.819. The van der Waals surface area contributed by atoms with Gasteiger partial charge in [-0.2, -0.15) is 0 Å². The Morgan fingerprint density at radius 2 is 2.25 bits per heavy atom. The number of imidazole rings is 1. The number of ether oxygens (including phenoxy) is 1. The number of hydrogen-bond acceptors (Lipinski definition) is 4. The minimum absolute atomic E-state index is 0.201. The zero-order valence-corrected chi connectivity index (χ0v) is 8.72. The van der Waals surface area contributed by atoms with E-state index in [1.54, 1.807) is 17.0 Å². The molecule has 1 saturated heterocycles. The summed E-state index contributed by atoms with van der Waals surface area (Å²) >= 11 is 0. The Labute approximate surface area is 91.3 Å². The molecular weight excluding hydrogens is 208 g/mol. The normalized spacial score (nSPS) is 21.4. The van der Waals surface area contributed by atoms with E-state index in [9.17, 15) is 4.79 Å². The van der Waals surface area contributed by atoms with E-state index >= 15 is 0 Å². The number of nitrogens with one attached hydrogen (secondary N) is 1. The van der Waals surface area contributed by atoms with Crippen LogP contribution in [0.25, 0.3) is 11.3 Å². The summed E-state index contributed by atoms with van der Waals surface area (Å²) < 4.78 is 7.14. The van der Waals surface area contributed by atoms with Gasteiger partial charge in [0.25, 0.3) is 0 Å². The zero-order valence-electron chi connectivity index (χ0n) is 8.72. The summed E-state index contributed by atoms with van der Waals surface area (Å²) in [6.45, 7) is 0.698. The number of aromatic amines is 1. The molecule has 6 heteroatoms. The number of rotatable bonds is 1. The van der Waals surface area contributed by atoms with Crippen LogP contribution in [0.1, 0.15) is 25.5 Å². The number of H-pyrrole nitrogens is 1. The molecule has 3 rings (SSSR count). The average Bonchev–Trinajstić information content (AvgIpc) is 2.66. The molecule has 0 aromatic carbocycles. The first-order chi connectivity index (χ1) is 7.86. The third kappa shape index (κ3) is 1.42. The van der Waals surface area contributed by atoms with Gasteiger partial charge in [0.1, 0.15) is 6.23 Å². The topological polar surface area (TPSA) is 72.8 Å². The van der Waals surface area contributed by atoms with Crippen molar-refractivity contribution in [3.8, 4) is 0 Å². The Kier molecular flexibility index (Phi) is 2.21. The van der Waals surface area contributed by atoms with E-state index in [1.165, 1.54) is 0 Å². The Morgan fingerprint density at radius 3 is 3.06 bits per heavy atom. The lowest BCUT2D eigenvalue weighted by Gasteiger charge is -2.22. The molecule has 0 amide bonds. The summed E-state index contributed by atoms with van der Waals surface area (Å²) in [7, 11) is 0. The van der Waals surface area contributed by atoms with Crippen LogP contribution in [0.2, 0.25) is 0 Å². The number of aromatic nitrogens is 4. The summed E-state index contributed by atoms with van der Waals surface area (Å²) in [5.41, 5.74) is 0.883. The van der Waals surface area contributed by atoms with Crippen molar-refractivity contribution in [2.75, 3.05) is 6.61 Å². The molecule has 84 valence electrons. The molecule has 0 saturated carbocycles. The van der Waals surface area contributed by atoms with Gasteiger partial charge in [0, 0.05) is 19.0 Å². The maximum absolute atomic E-state index is 11.8. The van der Waals surface area contributed by atoms with E-state index in [1.807, 2.05) is 0 Å². The van der Waals surface area contributed by atoms with Crippen LogP contribution in [-0.4, -0.2) is 26.1 Å². The molecule has 0 radical (unpaired) electrons. The molecule has 0 bridgehead atoms. The molecule has 1 aliphatic rings. The first-order valence-corrected chi connectivity index (χ1v) is 5.39. The molecule has 1 unspecified atom stereocenters. The lowest BCUT2D eigenvalue weighted by atomic mass is 10.2. The van der Waals surface area contributed by atoms with Gasteiger partial charge in [-0.1, -0.05) is 0 Å². The number of hydrogen-bond donors (Lipinski definition) is 1. The van der Waals surface area contributed by atoms with Gasteiger partial charge in [-0.25, -0.2) is 19.3 Å². The predicted molar refractivity (Wildman–Crippen MR) is 57.0 cm³/mol. The van der Waals surface area contributed by atoms with Gasteiger partial charge < -0.3 is 4.74 Å². The van der Waals surface area contributed by atoms with Crippen molar-refractivity contribution >= 4 is 11.3 Å². The Hall–Kier alpha value is -1.69.